The zero-order valence-corrected chi connectivity index (χ0v) is 15.9. The summed E-state index contributed by atoms with van der Waals surface area (Å²) >= 11 is 7.20. The Morgan fingerprint density at radius 2 is 2.04 bits per heavy atom. The van der Waals surface area contributed by atoms with Crippen LogP contribution in [0.25, 0.3) is 0 Å². The molecule has 0 fully saturated rings. The van der Waals surface area contributed by atoms with E-state index in [-0.39, 0.29) is 18.9 Å². The average molecular weight is 442 g/mol. The molecule has 0 aromatic heterocycles. The van der Waals surface area contributed by atoms with Crippen molar-refractivity contribution in [1.29, 1.82) is 0 Å². The average Bonchev–Trinajstić information content (AvgIpc) is 2.58. The molecule has 6 heteroatoms. The standard InChI is InChI=1S/C17H18Br2N2O2/c1-11-13(18)9-14(19)17-20-15(12-5-3-2-4-6-12)10-16(21(11)17)23-8-7-22/h2-6,9,15-16,22H,7-8,10H2,1H3. The highest BCUT2D eigenvalue weighted by Gasteiger charge is 2.36. The van der Waals surface area contributed by atoms with Gasteiger partial charge in [0.05, 0.1) is 23.7 Å². The number of fused-ring (bicyclic) bond motifs is 1. The van der Waals surface area contributed by atoms with Crippen LogP contribution in [0.1, 0.15) is 24.9 Å². The smallest absolute Gasteiger partial charge is 0.145 e. The minimum absolute atomic E-state index is 0.00770. The van der Waals surface area contributed by atoms with E-state index in [1.54, 1.807) is 0 Å². The maximum Gasteiger partial charge on any atom is 0.145 e. The van der Waals surface area contributed by atoms with E-state index in [9.17, 15) is 0 Å². The van der Waals surface area contributed by atoms with Crippen LogP contribution in [0.15, 0.2) is 56.1 Å². The summed E-state index contributed by atoms with van der Waals surface area (Å²) < 4.78 is 7.84. The van der Waals surface area contributed by atoms with E-state index in [2.05, 4.69) is 48.9 Å². The summed E-state index contributed by atoms with van der Waals surface area (Å²) in [6.45, 7) is 2.35. The summed E-state index contributed by atoms with van der Waals surface area (Å²) in [6, 6.07) is 10.3. The predicted molar refractivity (Wildman–Crippen MR) is 98.5 cm³/mol. The number of nitrogens with zero attached hydrogens (tertiary/aromatic N) is 2. The minimum Gasteiger partial charge on any atom is -0.394 e. The fraction of sp³-hybridized carbons (Fsp3) is 0.353. The molecular weight excluding hydrogens is 424 g/mol. The van der Waals surface area contributed by atoms with Crippen molar-refractivity contribution in [2.45, 2.75) is 25.6 Å². The van der Waals surface area contributed by atoms with Gasteiger partial charge in [-0.25, -0.2) is 0 Å². The number of amidine groups is 1. The topological polar surface area (TPSA) is 45.1 Å². The van der Waals surface area contributed by atoms with Crippen LogP contribution in [0.2, 0.25) is 0 Å². The van der Waals surface area contributed by atoms with Crippen LogP contribution in [0.4, 0.5) is 0 Å². The lowest BCUT2D eigenvalue weighted by atomic mass is 10.00. The molecule has 0 aliphatic carbocycles. The van der Waals surface area contributed by atoms with Crippen LogP contribution in [-0.4, -0.2) is 35.3 Å². The third-order valence-corrected chi connectivity index (χ3v) is 5.37. The molecule has 4 nitrogen and oxygen atoms in total. The molecule has 2 heterocycles. The molecule has 23 heavy (non-hydrogen) atoms. The Morgan fingerprint density at radius 1 is 1.30 bits per heavy atom. The van der Waals surface area contributed by atoms with Crippen LogP contribution < -0.4 is 0 Å². The number of hydrogen-bond acceptors (Lipinski definition) is 4. The number of benzene rings is 1. The molecule has 1 aromatic rings. The first-order valence-electron chi connectivity index (χ1n) is 7.50. The molecular formula is C17H18Br2N2O2. The summed E-state index contributed by atoms with van der Waals surface area (Å²) in [5.41, 5.74) is 2.23. The van der Waals surface area contributed by atoms with Gasteiger partial charge in [0.1, 0.15) is 12.1 Å². The van der Waals surface area contributed by atoms with Crippen molar-refractivity contribution >= 4 is 37.7 Å². The molecule has 1 aromatic carbocycles. The summed E-state index contributed by atoms with van der Waals surface area (Å²) in [6.07, 6.45) is 2.60. The molecule has 0 radical (unpaired) electrons. The zero-order valence-electron chi connectivity index (χ0n) is 12.7. The number of rotatable bonds is 4. The highest BCUT2D eigenvalue weighted by Crippen LogP contribution is 2.39. The Labute approximate surface area is 152 Å². The summed E-state index contributed by atoms with van der Waals surface area (Å²) in [7, 11) is 0. The van der Waals surface area contributed by atoms with E-state index in [0.29, 0.717) is 6.61 Å². The predicted octanol–water partition coefficient (Wildman–Crippen LogP) is 4.09. The van der Waals surface area contributed by atoms with Gasteiger partial charge in [-0.1, -0.05) is 30.3 Å². The molecule has 0 bridgehead atoms. The van der Waals surface area contributed by atoms with Crippen LogP contribution >= 0.6 is 31.9 Å². The lowest BCUT2D eigenvalue weighted by molar-refractivity contribution is -0.0408. The van der Waals surface area contributed by atoms with Crippen LogP contribution in [0.3, 0.4) is 0 Å². The Bertz CT molecular complexity index is 670. The quantitative estimate of drug-likeness (QED) is 0.765. The fourth-order valence-corrected chi connectivity index (χ4v) is 4.11. The van der Waals surface area contributed by atoms with Crippen LogP contribution in [-0.2, 0) is 4.74 Å². The summed E-state index contributed by atoms with van der Waals surface area (Å²) in [4.78, 5) is 7.01. The molecule has 0 saturated heterocycles. The molecule has 2 aliphatic rings. The van der Waals surface area contributed by atoms with Crippen LogP contribution in [0, 0.1) is 0 Å². The molecule has 2 unspecified atom stereocenters. The first-order valence-corrected chi connectivity index (χ1v) is 9.08. The van der Waals surface area contributed by atoms with Gasteiger partial charge in [0.25, 0.3) is 0 Å². The number of allylic oxidation sites excluding steroid dienone is 3. The molecule has 2 atom stereocenters. The zero-order chi connectivity index (χ0) is 16.4. The Hall–Kier alpha value is -0.950. The molecule has 0 amide bonds. The SMILES string of the molecule is CC1=C(Br)C=C(Br)C2=NC(c3ccccc3)CC(OCCO)N21. The van der Waals surface area contributed by atoms with E-state index in [0.717, 1.165) is 26.9 Å². The Morgan fingerprint density at radius 3 is 2.74 bits per heavy atom. The minimum atomic E-state index is -0.159. The number of aliphatic imine (C=N–C) groups is 1. The number of aliphatic hydroxyl groups excluding tert-OH is 1. The van der Waals surface area contributed by atoms with Crippen LogP contribution in [0.5, 0.6) is 0 Å². The number of aliphatic hydroxyl groups is 1. The highest BCUT2D eigenvalue weighted by molar-refractivity contribution is 9.12. The van der Waals surface area contributed by atoms with Crippen molar-refractivity contribution < 1.29 is 9.84 Å². The van der Waals surface area contributed by atoms with E-state index in [1.165, 1.54) is 5.56 Å². The highest BCUT2D eigenvalue weighted by atomic mass is 79.9. The second-order valence-electron chi connectivity index (χ2n) is 5.46. The third-order valence-electron chi connectivity index (χ3n) is 3.98. The lowest BCUT2D eigenvalue weighted by Gasteiger charge is -2.41. The number of hydrogen-bond donors (Lipinski definition) is 1. The second-order valence-corrected chi connectivity index (χ2v) is 7.17. The maximum atomic E-state index is 9.13. The fourth-order valence-electron chi connectivity index (χ4n) is 2.86. The van der Waals surface area contributed by atoms with Gasteiger partial charge in [0.15, 0.2) is 0 Å². The van der Waals surface area contributed by atoms with Crippen molar-refractivity contribution in [2.24, 2.45) is 4.99 Å². The van der Waals surface area contributed by atoms with Crippen molar-refractivity contribution in [3.63, 3.8) is 0 Å². The van der Waals surface area contributed by atoms with Gasteiger partial charge >= 0.3 is 0 Å². The van der Waals surface area contributed by atoms with Crippen molar-refractivity contribution in [1.82, 2.24) is 4.90 Å². The largest absolute Gasteiger partial charge is 0.394 e. The Balaban J connectivity index is 2.00. The van der Waals surface area contributed by atoms with Gasteiger partial charge in [-0.15, -0.1) is 0 Å². The molecule has 3 rings (SSSR count). The van der Waals surface area contributed by atoms with E-state index >= 15 is 0 Å². The monoisotopic (exact) mass is 440 g/mol. The van der Waals surface area contributed by atoms with E-state index in [1.807, 2.05) is 31.2 Å². The van der Waals surface area contributed by atoms with Crippen molar-refractivity contribution in [2.75, 3.05) is 13.2 Å². The van der Waals surface area contributed by atoms with Gasteiger partial charge in [-0.05, 0) is 50.4 Å². The van der Waals surface area contributed by atoms with Gasteiger partial charge in [0.2, 0.25) is 0 Å². The number of halogens is 2. The van der Waals surface area contributed by atoms with E-state index in [4.69, 9.17) is 14.8 Å². The van der Waals surface area contributed by atoms with Crippen molar-refractivity contribution in [3.8, 4) is 0 Å². The maximum absolute atomic E-state index is 9.13. The van der Waals surface area contributed by atoms with E-state index < -0.39 is 0 Å². The van der Waals surface area contributed by atoms with Gasteiger partial charge in [0, 0.05) is 16.6 Å². The molecule has 2 aliphatic heterocycles. The summed E-state index contributed by atoms with van der Waals surface area (Å²) in [5, 5.41) is 9.13. The molecule has 122 valence electrons. The molecule has 0 saturated carbocycles. The van der Waals surface area contributed by atoms with Gasteiger partial charge < -0.3 is 14.7 Å². The normalized spacial score (nSPS) is 24.3. The Kier molecular flexibility index (Phi) is 5.36. The lowest BCUT2D eigenvalue weighted by Crippen LogP contribution is -2.46. The number of ether oxygens (including phenoxy) is 1. The molecule has 0 spiro atoms. The first kappa shape index (κ1) is 16.9. The second kappa shape index (κ2) is 7.30. The first-order chi connectivity index (χ1) is 11.1. The van der Waals surface area contributed by atoms with Gasteiger partial charge in [-0.3, -0.25) is 4.99 Å². The summed E-state index contributed by atoms with van der Waals surface area (Å²) in [5.74, 6) is 0.869. The van der Waals surface area contributed by atoms with Crippen molar-refractivity contribution in [3.05, 3.63) is 56.6 Å². The molecule has 1 N–H and O–H groups in total. The van der Waals surface area contributed by atoms with Gasteiger partial charge in [-0.2, -0.15) is 0 Å². The third kappa shape index (κ3) is 3.45.